The molecule has 0 saturated heterocycles. The van der Waals surface area contributed by atoms with Gasteiger partial charge in [-0.25, -0.2) is 0 Å². The van der Waals surface area contributed by atoms with Crippen LogP contribution in [0.3, 0.4) is 0 Å². The lowest BCUT2D eigenvalue weighted by molar-refractivity contribution is 0.0990. The lowest BCUT2D eigenvalue weighted by Crippen LogP contribution is -2.26. The molecule has 2 heterocycles. The van der Waals surface area contributed by atoms with Crippen molar-refractivity contribution in [1.29, 1.82) is 0 Å². The van der Waals surface area contributed by atoms with E-state index in [4.69, 9.17) is 0 Å². The van der Waals surface area contributed by atoms with E-state index in [1.807, 2.05) is 18.2 Å². The molecule has 0 saturated carbocycles. The predicted octanol–water partition coefficient (Wildman–Crippen LogP) is 11.1. The first-order valence-corrected chi connectivity index (χ1v) is 17.7. The van der Waals surface area contributed by atoms with Crippen LogP contribution < -0.4 is 4.90 Å². The average Bonchev–Trinajstić information content (AvgIpc) is 3.94. The first-order chi connectivity index (χ1) is 23.6. The van der Waals surface area contributed by atoms with Gasteiger partial charge in [0.1, 0.15) is 0 Å². The summed E-state index contributed by atoms with van der Waals surface area (Å²) in [7, 11) is 0. The second-order valence-electron chi connectivity index (χ2n) is 12.4. The van der Waals surface area contributed by atoms with Crippen LogP contribution >= 0.6 is 22.7 Å². The fourth-order valence-electron chi connectivity index (χ4n) is 8.02. The van der Waals surface area contributed by atoms with Gasteiger partial charge in [0, 0.05) is 48.7 Å². The Morgan fingerprint density at radius 1 is 0.500 bits per heavy atom. The highest BCUT2D eigenvalue weighted by atomic mass is 32.1. The molecule has 0 unspecified atom stereocenters. The summed E-state index contributed by atoms with van der Waals surface area (Å²) in [6.45, 7) is 0. The number of para-hydroxylation sites is 2. The van der Waals surface area contributed by atoms with E-state index in [9.17, 15) is 9.59 Å². The van der Waals surface area contributed by atoms with E-state index in [1.165, 1.54) is 55.2 Å². The maximum absolute atomic E-state index is 13.3. The Morgan fingerprint density at radius 3 is 1.67 bits per heavy atom. The summed E-state index contributed by atoms with van der Waals surface area (Å²) in [6.07, 6.45) is 1.82. The van der Waals surface area contributed by atoms with E-state index in [2.05, 4.69) is 126 Å². The molecule has 0 N–H and O–H groups in total. The molecule has 10 rings (SSSR count). The zero-order valence-corrected chi connectivity index (χ0v) is 27.1. The number of fused-ring (bicyclic) bond motifs is 11. The largest absolute Gasteiger partial charge is 0.310 e. The van der Waals surface area contributed by atoms with E-state index < -0.39 is 5.41 Å². The first-order valence-electron chi connectivity index (χ1n) is 15.9. The van der Waals surface area contributed by atoms with Crippen molar-refractivity contribution in [1.82, 2.24) is 0 Å². The molecule has 0 amide bonds. The minimum Gasteiger partial charge on any atom is -0.310 e. The third-order valence-corrected chi connectivity index (χ3v) is 11.8. The summed E-state index contributed by atoms with van der Waals surface area (Å²) in [6, 6.07) is 47.6. The van der Waals surface area contributed by atoms with Gasteiger partial charge in [0.05, 0.1) is 11.0 Å². The van der Waals surface area contributed by atoms with Crippen molar-refractivity contribution in [2.75, 3.05) is 4.90 Å². The second-order valence-corrected chi connectivity index (χ2v) is 14.2. The van der Waals surface area contributed by atoms with Gasteiger partial charge < -0.3 is 4.90 Å². The molecule has 0 radical (unpaired) electrons. The number of carbonyl (C=O) groups excluding carboxylic acids is 2. The Hall–Kier alpha value is -5.62. The maximum Gasteiger partial charge on any atom is 0.198 e. The Kier molecular flexibility index (Phi) is 5.83. The van der Waals surface area contributed by atoms with Gasteiger partial charge in [-0.05, 0) is 87.5 Å². The number of ketones is 2. The monoisotopic (exact) mass is 651 g/mol. The minimum atomic E-state index is -0.554. The number of allylic oxidation sites excluding steroid dienone is 1. The molecule has 3 nitrogen and oxygen atoms in total. The van der Waals surface area contributed by atoms with Gasteiger partial charge in [0.2, 0.25) is 0 Å². The van der Waals surface area contributed by atoms with Crippen LogP contribution in [0.1, 0.15) is 47.8 Å². The van der Waals surface area contributed by atoms with Crippen molar-refractivity contribution in [2.45, 2.75) is 5.41 Å². The topological polar surface area (TPSA) is 37.4 Å². The molecule has 1 spiro atoms. The number of Topliss-reactive ketones (excluding diaryl/α,β-unsaturated/α-hetero) is 2. The van der Waals surface area contributed by atoms with Crippen molar-refractivity contribution >= 4 is 57.4 Å². The van der Waals surface area contributed by atoms with Crippen LogP contribution in [0.25, 0.3) is 27.6 Å². The maximum atomic E-state index is 13.3. The quantitative estimate of drug-likeness (QED) is 0.140. The lowest BCUT2D eigenvalue weighted by atomic mass is 9.71. The smallest absolute Gasteiger partial charge is 0.198 e. The summed E-state index contributed by atoms with van der Waals surface area (Å²) in [5, 5.41) is 3.57. The summed E-state index contributed by atoms with van der Waals surface area (Å²) in [4.78, 5) is 31.0. The molecule has 5 aromatic carbocycles. The van der Waals surface area contributed by atoms with Gasteiger partial charge >= 0.3 is 0 Å². The molecule has 0 fully saturated rings. The van der Waals surface area contributed by atoms with Crippen LogP contribution in [0.15, 0.2) is 150 Å². The van der Waals surface area contributed by atoms with Crippen LogP contribution in [0.5, 0.6) is 0 Å². The molecule has 7 aromatic rings. The normalized spacial score (nSPS) is 14.5. The fourth-order valence-corrected chi connectivity index (χ4v) is 10.0. The fraction of sp³-hybridized carbons (Fsp3) is 0.0233. The molecule has 0 atom stereocenters. The number of hydrogen-bond acceptors (Lipinski definition) is 5. The van der Waals surface area contributed by atoms with Gasteiger partial charge in [-0.2, -0.15) is 11.3 Å². The summed E-state index contributed by atoms with van der Waals surface area (Å²) >= 11 is 3.06. The molecule has 3 aliphatic rings. The highest BCUT2D eigenvalue weighted by Crippen LogP contribution is 2.65. The standard InChI is InChI=1S/C43H25NO2S2/c45-40-33(41(46)35-25-47-24-34(35)40)22-29-23-39-42(48-29)32-20-19-28(44(26-11-3-1-4-12-26)27-13-5-2-6-14-27)21-38(32)43(39)36-17-9-7-15-30(36)31-16-8-10-18-37(31)43/h1-25H. The third-order valence-electron chi connectivity index (χ3n) is 9.97. The van der Waals surface area contributed by atoms with E-state index in [1.54, 1.807) is 22.1 Å². The van der Waals surface area contributed by atoms with Crippen molar-refractivity contribution in [3.8, 4) is 21.6 Å². The SMILES string of the molecule is O=C1C(=Cc2cc3c(s2)-c2ccc(N(c4ccccc4)c4ccccc4)cc2C32c3ccccc3-c3ccccc32)C(=O)c2cscc21. The molecule has 3 aliphatic carbocycles. The molecule has 0 aliphatic heterocycles. The van der Waals surface area contributed by atoms with Crippen LogP contribution in [-0.2, 0) is 5.41 Å². The summed E-state index contributed by atoms with van der Waals surface area (Å²) < 4.78 is 0. The van der Waals surface area contributed by atoms with E-state index in [0.29, 0.717) is 11.1 Å². The average molecular weight is 652 g/mol. The van der Waals surface area contributed by atoms with Gasteiger partial charge in [-0.15, -0.1) is 11.3 Å². The van der Waals surface area contributed by atoms with E-state index in [-0.39, 0.29) is 17.1 Å². The van der Waals surface area contributed by atoms with Crippen LogP contribution in [0.4, 0.5) is 17.1 Å². The molecular weight excluding hydrogens is 627 g/mol. The molecule has 226 valence electrons. The molecule has 2 aromatic heterocycles. The van der Waals surface area contributed by atoms with Crippen LogP contribution in [0.2, 0.25) is 0 Å². The molecular formula is C43H25NO2S2. The number of rotatable bonds is 4. The van der Waals surface area contributed by atoms with E-state index >= 15 is 0 Å². The first kappa shape index (κ1) is 27.5. The number of carbonyl (C=O) groups is 2. The Labute approximate surface area is 285 Å². The Morgan fingerprint density at radius 2 is 1.06 bits per heavy atom. The number of thiophene rings is 2. The van der Waals surface area contributed by atoms with Crippen LogP contribution in [-0.4, -0.2) is 11.6 Å². The second kappa shape index (κ2) is 10.2. The van der Waals surface area contributed by atoms with Crippen molar-refractivity contribution in [3.63, 3.8) is 0 Å². The highest BCUT2D eigenvalue weighted by Gasteiger charge is 2.52. The highest BCUT2D eigenvalue weighted by molar-refractivity contribution is 7.16. The van der Waals surface area contributed by atoms with Crippen molar-refractivity contribution in [2.24, 2.45) is 0 Å². The molecule has 0 bridgehead atoms. The number of hydrogen-bond donors (Lipinski definition) is 0. The zero-order chi connectivity index (χ0) is 32.0. The third kappa shape index (κ3) is 3.63. The predicted molar refractivity (Wildman–Crippen MR) is 196 cm³/mol. The van der Waals surface area contributed by atoms with Gasteiger partial charge in [-0.3, -0.25) is 9.59 Å². The Balaban J connectivity index is 1.23. The van der Waals surface area contributed by atoms with Crippen molar-refractivity contribution in [3.05, 3.63) is 188 Å². The van der Waals surface area contributed by atoms with Crippen molar-refractivity contribution < 1.29 is 9.59 Å². The van der Waals surface area contributed by atoms with Crippen LogP contribution in [0, 0.1) is 0 Å². The van der Waals surface area contributed by atoms with Gasteiger partial charge in [0.15, 0.2) is 11.6 Å². The summed E-state index contributed by atoms with van der Waals surface area (Å²) in [5.41, 5.74) is 12.6. The number of anilines is 3. The van der Waals surface area contributed by atoms with Gasteiger partial charge in [0.25, 0.3) is 0 Å². The lowest BCUT2D eigenvalue weighted by Gasteiger charge is -2.32. The molecule has 5 heteroatoms. The minimum absolute atomic E-state index is 0.178. The van der Waals surface area contributed by atoms with E-state index in [0.717, 1.165) is 21.9 Å². The summed E-state index contributed by atoms with van der Waals surface area (Å²) in [5.74, 6) is -0.355. The number of benzene rings is 5. The number of nitrogens with zero attached hydrogens (tertiary/aromatic N) is 1. The Bertz CT molecular complexity index is 2390. The molecule has 48 heavy (non-hydrogen) atoms. The zero-order valence-electron chi connectivity index (χ0n) is 25.5. The van der Waals surface area contributed by atoms with Gasteiger partial charge in [-0.1, -0.05) is 91.0 Å².